The Labute approximate surface area is 107 Å². The van der Waals surface area contributed by atoms with Gasteiger partial charge < -0.3 is 5.73 Å². The van der Waals surface area contributed by atoms with Crippen molar-refractivity contribution in [3.8, 4) is 5.82 Å². The van der Waals surface area contributed by atoms with Gasteiger partial charge in [-0.2, -0.15) is 0 Å². The number of hydrogen-bond acceptors (Lipinski definition) is 4. The van der Waals surface area contributed by atoms with Crippen molar-refractivity contribution in [3.63, 3.8) is 0 Å². The highest BCUT2D eigenvalue weighted by Crippen LogP contribution is 2.18. The quantitative estimate of drug-likeness (QED) is 0.895. The van der Waals surface area contributed by atoms with Crippen molar-refractivity contribution in [2.75, 3.05) is 5.73 Å². The summed E-state index contributed by atoms with van der Waals surface area (Å²) in [5.74, 6) is 3.18. The van der Waals surface area contributed by atoms with Crippen LogP contribution in [0.25, 0.3) is 5.82 Å². The highest BCUT2D eigenvalue weighted by molar-refractivity contribution is 5.48. The smallest absolute Gasteiger partial charge is 0.146 e. The zero-order chi connectivity index (χ0) is 13.1. The minimum Gasteiger partial charge on any atom is -0.383 e. The van der Waals surface area contributed by atoms with Crippen molar-refractivity contribution in [2.45, 2.75) is 40.0 Å². The lowest BCUT2D eigenvalue weighted by Crippen LogP contribution is -2.10. The second-order valence-electron chi connectivity index (χ2n) is 4.29. The Bertz CT molecular complexity index is 544. The third kappa shape index (κ3) is 2.20. The first kappa shape index (κ1) is 12.5. The zero-order valence-corrected chi connectivity index (χ0v) is 11.1. The summed E-state index contributed by atoms with van der Waals surface area (Å²) in [4.78, 5) is 13.2. The summed E-state index contributed by atoms with van der Waals surface area (Å²) < 4.78 is 1.99. The molecular formula is C13H19N5. The van der Waals surface area contributed by atoms with Gasteiger partial charge in [-0.15, -0.1) is 0 Å². The van der Waals surface area contributed by atoms with Crippen LogP contribution in [0.2, 0.25) is 0 Å². The minimum atomic E-state index is 0.555. The Morgan fingerprint density at radius 1 is 1.28 bits per heavy atom. The standard InChI is InChI=1S/C13H19N5/c1-4-6-10-16-12(14)9(3)13(17-10)18-8-7-15-11(18)5-2/h7-8H,4-6H2,1-3H3,(H2,14,16,17). The Morgan fingerprint density at radius 2 is 2.06 bits per heavy atom. The van der Waals surface area contributed by atoms with Gasteiger partial charge in [0.2, 0.25) is 0 Å². The first-order valence-electron chi connectivity index (χ1n) is 6.32. The molecule has 0 saturated carbocycles. The van der Waals surface area contributed by atoms with Crippen LogP contribution < -0.4 is 5.73 Å². The van der Waals surface area contributed by atoms with E-state index in [1.807, 2.05) is 17.7 Å². The highest BCUT2D eigenvalue weighted by atomic mass is 15.1. The normalized spacial score (nSPS) is 10.8. The summed E-state index contributed by atoms with van der Waals surface area (Å²) >= 11 is 0. The average Bonchev–Trinajstić information content (AvgIpc) is 2.82. The molecule has 0 aliphatic rings. The Balaban J connectivity index is 2.55. The second kappa shape index (κ2) is 5.16. The van der Waals surface area contributed by atoms with E-state index < -0.39 is 0 Å². The van der Waals surface area contributed by atoms with Crippen molar-refractivity contribution in [1.82, 2.24) is 19.5 Å². The van der Waals surface area contributed by atoms with E-state index in [0.29, 0.717) is 5.82 Å². The molecule has 0 aliphatic carbocycles. The molecule has 0 amide bonds. The van der Waals surface area contributed by atoms with Crippen molar-refractivity contribution in [1.29, 1.82) is 0 Å². The first-order chi connectivity index (χ1) is 8.67. The molecule has 2 aromatic heterocycles. The van der Waals surface area contributed by atoms with Gasteiger partial charge in [0, 0.05) is 30.8 Å². The molecule has 0 aromatic carbocycles. The maximum absolute atomic E-state index is 5.96. The van der Waals surface area contributed by atoms with Crippen molar-refractivity contribution in [2.24, 2.45) is 0 Å². The fourth-order valence-electron chi connectivity index (χ4n) is 1.93. The molecule has 5 nitrogen and oxygen atoms in total. The summed E-state index contributed by atoms with van der Waals surface area (Å²) in [5, 5.41) is 0. The van der Waals surface area contributed by atoms with Crippen LogP contribution in [-0.4, -0.2) is 19.5 Å². The van der Waals surface area contributed by atoms with Crippen LogP contribution in [0.3, 0.4) is 0 Å². The lowest BCUT2D eigenvalue weighted by atomic mass is 10.2. The molecule has 2 rings (SSSR count). The van der Waals surface area contributed by atoms with Gasteiger partial charge in [-0.1, -0.05) is 13.8 Å². The molecule has 5 heteroatoms. The summed E-state index contributed by atoms with van der Waals surface area (Å²) in [6.07, 6.45) is 6.42. The van der Waals surface area contributed by atoms with Gasteiger partial charge >= 0.3 is 0 Å². The molecule has 0 unspecified atom stereocenters. The summed E-state index contributed by atoms with van der Waals surface area (Å²) in [6, 6.07) is 0. The van der Waals surface area contributed by atoms with E-state index in [1.165, 1.54) is 0 Å². The Morgan fingerprint density at radius 3 is 2.72 bits per heavy atom. The largest absolute Gasteiger partial charge is 0.383 e. The van der Waals surface area contributed by atoms with E-state index in [4.69, 9.17) is 5.73 Å². The first-order valence-corrected chi connectivity index (χ1v) is 6.32. The van der Waals surface area contributed by atoms with Crippen LogP contribution in [0, 0.1) is 6.92 Å². The summed E-state index contributed by atoms with van der Waals surface area (Å²) in [5.41, 5.74) is 6.87. The lowest BCUT2D eigenvalue weighted by molar-refractivity contribution is 0.795. The third-order valence-electron chi connectivity index (χ3n) is 2.94. The van der Waals surface area contributed by atoms with Gasteiger partial charge in [0.05, 0.1) is 0 Å². The van der Waals surface area contributed by atoms with E-state index in [-0.39, 0.29) is 0 Å². The van der Waals surface area contributed by atoms with Crippen LogP contribution in [-0.2, 0) is 12.8 Å². The summed E-state index contributed by atoms with van der Waals surface area (Å²) in [7, 11) is 0. The maximum Gasteiger partial charge on any atom is 0.146 e. The van der Waals surface area contributed by atoms with Crippen LogP contribution in [0.4, 0.5) is 5.82 Å². The van der Waals surface area contributed by atoms with Gasteiger partial charge in [0.1, 0.15) is 23.3 Å². The Kier molecular flexibility index (Phi) is 3.60. The fraction of sp³-hybridized carbons (Fsp3) is 0.462. The van der Waals surface area contributed by atoms with Gasteiger partial charge in [-0.25, -0.2) is 15.0 Å². The number of hydrogen-bond donors (Lipinski definition) is 1. The predicted molar refractivity (Wildman–Crippen MR) is 71.7 cm³/mol. The van der Waals surface area contributed by atoms with Crippen LogP contribution in [0.15, 0.2) is 12.4 Å². The van der Waals surface area contributed by atoms with E-state index in [1.54, 1.807) is 6.20 Å². The topological polar surface area (TPSA) is 69.6 Å². The highest BCUT2D eigenvalue weighted by Gasteiger charge is 2.12. The molecule has 0 atom stereocenters. The van der Waals surface area contributed by atoms with Gasteiger partial charge in [-0.05, 0) is 13.3 Å². The number of rotatable bonds is 4. The number of imidazole rings is 1. The molecule has 0 radical (unpaired) electrons. The number of aryl methyl sites for hydroxylation is 2. The Hall–Kier alpha value is -1.91. The molecule has 18 heavy (non-hydrogen) atoms. The number of nitrogens with zero attached hydrogens (tertiary/aromatic N) is 4. The van der Waals surface area contributed by atoms with Crippen LogP contribution >= 0.6 is 0 Å². The van der Waals surface area contributed by atoms with E-state index >= 15 is 0 Å². The van der Waals surface area contributed by atoms with Crippen molar-refractivity contribution >= 4 is 5.82 Å². The van der Waals surface area contributed by atoms with Crippen LogP contribution in [0.1, 0.15) is 37.5 Å². The fourth-order valence-corrected chi connectivity index (χ4v) is 1.93. The molecule has 0 fully saturated rings. The maximum atomic E-state index is 5.96. The molecule has 2 aromatic rings. The minimum absolute atomic E-state index is 0.555. The van der Waals surface area contributed by atoms with E-state index in [2.05, 4.69) is 28.8 Å². The van der Waals surface area contributed by atoms with Gasteiger partial charge in [-0.3, -0.25) is 4.57 Å². The molecule has 0 spiro atoms. The molecular weight excluding hydrogens is 226 g/mol. The SMILES string of the molecule is CCCc1nc(N)c(C)c(-n2ccnc2CC)n1. The molecule has 2 N–H and O–H groups in total. The third-order valence-corrected chi connectivity index (χ3v) is 2.94. The zero-order valence-electron chi connectivity index (χ0n) is 11.1. The molecule has 96 valence electrons. The number of nitrogens with two attached hydrogens (primary N) is 1. The van der Waals surface area contributed by atoms with Gasteiger partial charge in [0.15, 0.2) is 0 Å². The average molecular weight is 245 g/mol. The number of nitrogen functional groups attached to an aromatic ring is 1. The molecule has 0 aliphatic heterocycles. The second-order valence-corrected chi connectivity index (χ2v) is 4.29. The monoisotopic (exact) mass is 245 g/mol. The predicted octanol–water partition coefficient (Wildman–Crippen LogP) is 2.07. The van der Waals surface area contributed by atoms with Crippen LogP contribution in [0.5, 0.6) is 0 Å². The van der Waals surface area contributed by atoms with Gasteiger partial charge in [0.25, 0.3) is 0 Å². The van der Waals surface area contributed by atoms with E-state index in [9.17, 15) is 0 Å². The molecule has 0 bridgehead atoms. The molecule has 2 heterocycles. The van der Waals surface area contributed by atoms with Crippen molar-refractivity contribution in [3.05, 3.63) is 29.6 Å². The lowest BCUT2D eigenvalue weighted by Gasteiger charge is -2.12. The summed E-state index contributed by atoms with van der Waals surface area (Å²) in [6.45, 7) is 6.12. The van der Waals surface area contributed by atoms with Crippen molar-refractivity contribution < 1.29 is 0 Å². The number of aromatic nitrogens is 4. The number of anilines is 1. The van der Waals surface area contributed by atoms with E-state index in [0.717, 1.165) is 42.3 Å². The molecule has 0 saturated heterocycles.